The minimum Gasteiger partial charge on any atom is -0.494 e. The highest BCUT2D eigenvalue weighted by Gasteiger charge is 2.35. The molecule has 0 bridgehead atoms. The molecule has 2 amide bonds. The van der Waals surface area contributed by atoms with Crippen LogP contribution in [-0.4, -0.2) is 58.9 Å². The predicted octanol–water partition coefficient (Wildman–Crippen LogP) is 3.23. The molecule has 0 radical (unpaired) electrons. The minimum atomic E-state index is -0.993. The Morgan fingerprint density at radius 1 is 1.00 bits per heavy atom. The fraction of sp³-hybridized carbons (Fsp3) is 0.615. The number of carbonyl (C=O) groups excluding carboxylic acids is 2. The summed E-state index contributed by atoms with van der Waals surface area (Å²) in [5.74, 6) is -0.701. The van der Waals surface area contributed by atoms with E-state index in [4.69, 9.17) is 14.2 Å². The number of halogens is 1. The second kappa shape index (κ2) is 10.1. The van der Waals surface area contributed by atoms with Crippen LogP contribution in [0.25, 0.3) is 10.9 Å². The molecule has 214 valence electrons. The quantitative estimate of drug-likeness (QED) is 0.581. The number of nitrogens with zero attached hydrogens (tertiary/aromatic N) is 3. The number of fused-ring (bicyclic) bond motifs is 1. The molecule has 2 N–H and O–H groups in total. The Morgan fingerprint density at radius 3 is 2.18 bits per heavy atom. The first-order valence-electron chi connectivity index (χ1n) is 12.9. The van der Waals surface area contributed by atoms with Crippen molar-refractivity contribution in [2.75, 3.05) is 30.5 Å². The molecule has 0 spiro atoms. The van der Waals surface area contributed by atoms with Crippen LogP contribution in [-0.2, 0) is 9.47 Å². The van der Waals surface area contributed by atoms with Gasteiger partial charge in [-0.3, -0.25) is 9.36 Å². The normalized spacial score (nSPS) is 17.7. The zero-order valence-corrected chi connectivity index (χ0v) is 23.3. The van der Waals surface area contributed by atoms with Crippen LogP contribution in [0.3, 0.4) is 0 Å². The largest absolute Gasteiger partial charge is 0.494 e. The lowest BCUT2D eigenvalue weighted by atomic mass is 10.1. The smallest absolute Gasteiger partial charge is 0.427 e. The molecule has 39 heavy (non-hydrogen) atoms. The third kappa shape index (κ3) is 6.12. The van der Waals surface area contributed by atoms with Crippen molar-refractivity contribution in [3.05, 3.63) is 32.7 Å². The van der Waals surface area contributed by atoms with E-state index in [1.165, 1.54) is 17.7 Å². The predicted molar refractivity (Wildman–Crippen MR) is 143 cm³/mol. The SMILES string of the molecule is COc1cc2c(=O)n(NC(=O)OC(C)(C)C)c(=O)n(C3CC3)c2c(F)c1N1CCC(NC(=O)OC(C)(C)C)C1. The van der Waals surface area contributed by atoms with Crippen molar-refractivity contribution in [2.45, 2.75) is 84.1 Å². The van der Waals surface area contributed by atoms with Gasteiger partial charge in [0.2, 0.25) is 0 Å². The lowest BCUT2D eigenvalue weighted by Gasteiger charge is -2.25. The number of carbonyl (C=O) groups is 2. The maximum absolute atomic E-state index is 16.4. The number of rotatable bonds is 5. The number of nitrogens with one attached hydrogen (secondary N) is 2. The van der Waals surface area contributed by atoms with Crippen molar-refractivity contribution in [3.8, 4) is 5.75 Å². The number of aromatic nitrogens is 2. The lowest BCUT2D eigenvalue weighted by Crippen LogP contribution is -2.48. The first-order chi connectivity index (χ1) is 18.1. The number of ether oxygens (including phenoxy) is 3. The Bertz CT molecular complexity index is 1420. The Hall–Kier alpha value is -3.77. The van der Waals surface area contributed by atoms with Crippen molar-refractivity contribution in [1.29, 1.82) is 0 Å². The van der Waals surface area contributed by atoms with E-state index in [0.717, 1.165) is 0 Å². The summed E-state index contributed by atoms with van der Waals surface area (Å²) in [6, 6.07) is 0.732. The average Bonchev–Trinajstić information content (AvgIpc) is 3.53. The Kier molecular flexibility index (Phi) is 7.30. The molecule has 4 rings (SSSR count). The van der Waals surface area contributed by atoms with E-state index in [1.54, 1.807) is 46.4 Å². The van der Waals surface area contributed by atoms with Gasteiger partial charge in [-0.1, -0.05) is 0 Å². The van der Waals surface area contributed by atoms with Gasteiger partial charge in [0, 0.05) is 19.1 Å². The van der Waals surface area contributed by atoms with E-state index in [9.17, 15) is 19.2 Å². The van der Waals surface area contributed by atoms with E-state index in [1.807, 2.05) is 0 Å². The number of alkyl carbamates (subject to hydrolysis) is 1. The van der Waals surface area contributed by atoms with Crippen LogP contribution in [0.4, 0.5) is 19.7 Å². The van der Waals surface area contributed by atoms with Crippen LogP contribution in [0.5, 0.6) is 5.75 Å². The highest BCUT2D eigenvalue weighted by molar-refractivity contribution is 5.88. The fourth-order valence-corrected chi connectivity index (χ4v) is 4.58. The van der Waals surface area contributed by atoms with E-state index in [0.29, 0.717) is 30.5 Å². The molecule has 1 unspecified atom stereocenters. The van der Waals surface area contributed by atoms with Crippen molar-refractivity contribution in [2.24, 2.45) is 0 Å². The van der Waals surface area contributed by atoms with Crippen LogP contribution in [0.15, 0.2) is 15.7 Å². The molecule has 2 aliphatic rings. The van der Waals surface area contributed by atoms with Gasteiger partial charge >= 0.3 is 17.9 Å². The number of anilines is 1. The maximum atomic E-state index is 16.4. The van der Waals surface area contributed by atoms with E-state index >= 15 is 4.39 Å². The molecular formula is C26H36FN5O7. The van der Waals surface area contributed by atoms with Gasteiger partial charge in [0.15, 0.2) is 5.82 Å². The molecule has 1 aliphatic carbocycles. The van der Waals surface area contributed by atoms with Crippen LogP contribution < -0.4 is 31.6 Å². The summed E-state index contributed by atoms with van der Waals surface area (Å²) >= 11 is 0. The molecule has 1 saturated carbocycles. The van der Waals surface area contributed by atoms with Gasteiger partial charge in [-0.15, -0.1) is 0 Å². The Labute approximate surface area is 225 Å². The van der Waals surface area contributed by atoms with Gasteiger partial charge in [0.25, 0.3) is 5.56 Å². The number of amides is 2. The summed E-state index contributed by atoms with van der Waals surface area (Å²) < 4.78 is 34.1. The van der Waals surface area contributed by atoms with Crippen LogP contribution >= 0.6 is 0 Å². The molecule has 2 aromatic rings. The summed E-state index contributed by atoms with van der Waals surface area (Å²) in [6.45, 7) is 10.9. The van der Waals surface area contributed by atoms with Crippen LogP contribution in [0.2, 0.25) is 0 Å². The summed E-state index contributed by atoms with van der Waals surface area (Å²) in [7, 11) is 1.35. The van der Waals surface area contributed by atoms with Gasteiger partial charge in [0.1, 0.15) is 22.6 Å². The highest BCUT2D eigenvalue weighted by atomic mass is 19.1. The van der Waals surface area contributed by atoms with Crippen molar-refractivity contribution in [3.63, 3.8) is 0 Å². The zero-order valence-electron chi connectivity index (χ0n) is 23.3. The molecule has 13 heteroatoms. The Balaban J connectivity index is 1.75. The number of hydrogen-bond donors (Lipinski definition) is 2. The van der Waals surface area contributed by atoms with Gasteiger partial charge in [0.05, 0.1) is 24.1 Å². The second-order valence-corrected chi connectivity index (χ2v) is 11.9. The van der Waals surface area contributed by atoms with E-state index < -0.39 is 40.5 Å². The Morgan fingerprint density at radius 2 is 1.62 bits per heavy atom. The molecule has 1 aromatic carbocycles. The third-order valence-corrected chi connectivity index (χ3v) is 6.21. The highest BCUT2D eigenvalue weighted by Crippen LogP contribution is 2.41. The standard InChI is InChI=1S/C26H36FN5O7/c1-25(2,3)38-22(34)28-14-10-11-30(13-14)20-17(37-7)12-16-19(18(20)27)31(15-8-9-15)24(36)32(21(16)33)29-23(35)39-26(4,5)6/h12,14-15H,8-11,13H2,1-7H3,(H,28,34)(H,29,35). The van der Waals surface area contributed by atoms with Gasteiger partial charge in [-0.05, 0) is 66.9 Å². The maximum Gasteiger partial charge on any atom is 0.427 e. The van der Waals surface area contributed by atoms with Gasteiger partial charge < -0.3 is 24.4 Å². The summed E-state index contributed by atoms with van der Waals surface area (Å²) in [5, 5.41) is 2.68. The molecule has 12 nitrogen and oxygen atoms in total. The molecular weight excluding hydrogens is 513 g/mol. The first kappa shape index (κ1) is 28.2. The average molecular weight is 550 g/mol. The molecule has 2 heterocycles. The van der Waals surface area contributed by atoms with Crippen molar-refractivity contribution in [1.82, 2.24) is 14.6 Å². The summed E-state index contributed by atoms with van der Waals surface area (Å²) in [5.41, 5.74) is -1.18. The first-order valence-corrected chi connectivity index (χ1v) is 12.9. The number of hydrogen-bond acceptors (Lipinski definition) is 8. The number of methoxy groups -OCH3 is 1. The molecule has 1 saturated heterocycles. The number of benzene rings is 1. The lowest BCUT2D eigenvalue weighted by molar-refractivity contribution is 0.0507. The van der Waals surface area contributed by atoms with Crippen LogP contribution in [0.1, 0.15) is 66.8 Å². The minimum absolute atomic E-state index is 0.0832. The van der Waals surface area contributed by atoms with E-state index in [2.05, 4.69) is 10.7 Å². The van der Waals surface area contributed by atoms with Gasteiger partial charge in [-0.2, -0.15) is 4.68 Å². The summed E-state index contributed by atoms with van der Waals surface area (Å²) in [6.07, 6.45) is 0.198. The second-order valence-electron chi connectivity index (χ2n) is 11.9. The van der Waals surface area contributed by atoms with Crippen LogP contribution in [0, 0.1) is 5.82 Å². The third-order valence-electron chi connectivity index (χ3n) is 6.21. The topological polar surface area (TPSA) is 133 Å². The van der Waals surface area contributed by atoms with Crippen molar-refractivity contribution < 1.29 is 28.2 Å². The molecule has 1 aliphatic heterocycles. The van der Waals surface area contributed by atoms with Gasteiger partial charge in [-0.25, -0.2) is 24.2 Å². The molecule has 1 atom stereocenters. The van der Waals surface area contributed by atoms with Crippen molar-refractivity contribution >= 4 is 28.8 Å². The van der Waals surface area contributed by atoms with E-state index in [-0.39, 0.29) is 41.0 Å². The summed E-state index contributed by atoms with van der Waals surface area (Å²) in [4.78, 5) is 53.1. The molecule has 1 aromatic heterocycles. The molecule has 2 fully saturated rings. The monoisotopic (exact) mass is 549 g/mol. The zero-order chi connectivity index (χ0) is 28.9. The fourth-order valence-electron chi connectivity index (χ4n) is 4.58.